The number of cyclic esters (lactones) is 1. The molecule has 16 heteroatoms. The second kappa shape index (κ2) is 28.3. The minimum atomic E-state index is -2.47. The third-order valence-electron chi connectivity index (χ3n) is 16.3. The average molecular weight is 1040 g/mol. The minimum absolute atomic E-state index is 0.00324. The smallest absolute Gasteiger partial charge is 0.329 e. The summed E-state index contributed by atoms with van der Waals surface area (Å²) in [6.07, 6.45) is 10.7. The lowest BCUT2D eigenvalue weighted by atomic mass is 9.72. The van der Waals surface area contributed by atoms with Crippen molar-refractivity contribution in [1.29, 1.82) is 0 Å². The molecule has 2 saturated heterocycles. The van der Waals surface area contributed by atoms with Crippen LogP contribution in [0.2, 0.25) is 0 Å². The van der Waals surface area contributed by atoms with Gasteiger partial charge in [-0.1, -0.05) is 83.2 Å². The van der Waals surface area contributed by atoms with Crippen LogP contribution in [0.3, 0.4) is 0 Å². The molecule has 4 rings (SSSR count). The standard InChI is InChI=1S/C58H89NO15/c1-34(2)44-29-42(22-24-47(44)73-56(68)57(10,32-60)33-61)28-38(6)49-31-46(62)37(5)27-40(8)51(64)52(71-12)50(63)39(7)26-35(3)18-14-13-15-19-36(4)48(70-11)30-43-23-21-41(9)58(69,74-43)53(65)54(66)59-25-17-16-20-45(59)55(67)72-49/h13-15,18-19,27,35,38-45,47-49,51-52,60-61,64,69H,1,16-17,20-26,28-33H2,2-12H3/b15-13?,18-14?,36-19?,37-27+. The number of ketones is 3. The predicted octanol–water partition coefficient (Wildman–Crippen LogP) is 6.90. The van der Waals surface area contributed by atoms with Crippen LogP contribution in [0.25, 0.3) is 0 Å². The maximum Gasteiger partial charge on any atom is 0.329 e. The van der Waals surface area contributed by atoms with E-state index in [0.29, 0.717) is 64.2 Å². The van der Waals surface area contributed by atoms with Crippen LogP contribution in [0.5, 0.6) is 0 Å². The van der Waals surface area contributed by atoms with Crippen molar-refractivity contribution in [1.82, 2.24) is 4.90 Å². The number of hydrogen-bond acceptors (Lipinski definition) is 15. The van der Waals surface area contributed by atoms with Crippen molar-refractivity contribution in [2.24, 2.45) is 46.8 Å². The number of hydrogen-bond donors (Lipinski definition) is 4. The molecule has 3 heterocycles. The van der Waals surface area contributed by atoms with Crippen molar-refractivity contribution in [3.05, 3.63) is 59.8 Å². The molecule has 416 valence electrons. The molecule has 15 unspecified atom stereocenters. The first-order valence-electron chi connectivity index (χ1n) is 26.9. The molecule has 4 N–H and O–H groups in total. The summed E-state index contributed by atoms with van der Waals surface area (Å²) < 4.78 is 29.9. The van der Waals surface area contributed by atoms with Gasteiger partial charge in [0.2, 0.25) is 5.79 Å². The number of Topliss-reactive ketones (excluding diaryl/α,β-unsaturated/α-hetero) is 3. The third-order valence-corrected chi connectivity index (χ3v) is 16.3. The lowest BCUT2D eigenvalue weighted by Crippen LogP contribution is -2.61. The van der Waals surface area contributed by atoms with Gasteiger partial charge >= 0.3 is 11.9 Å². The second-order valence-corrected chi connectivity index (χ2v) is 22.5. The molecule has 0 aromatic heterocycles. The van der Waals surface area contributed by atoms with E-state index in [4.69, 9.17) is 23.7 Å². The Balaban J connectivity index is 1.71. The molecule has 2 bridgehead atoms. The summed E-state index contributed by atoms with van der Waals surface area (Å²) in [5.74, 6) is -9.44. The van der Waals surface area contributed by atoms with E-state index < -0.39 is 114 Å². The predicted molar refractivity (Wildman–Crippen MR) is 279 cm³/mol. The van der Waals surface area contributed by atoms with E-state index in [1.807, 2.05) is 58.1 Å². The van der Waals surface area contributed by atoms with Gasteiger partial charge in [-0.25, -0.2) is 4.79 Å². The van der Waals surface area contributed by atoms with Gasteiger partial charge in [-0.15, -0.1) is 0 Å². The third kappa shape index (κ3) is 16.0. The van der Waals surface area contributed by atoms with Gasteiger partial charge in [-0.05, 0) is 121 Å². The fraction of sp³-hybridized carbons (Fsp3) is 0.724. The minimum Gasteiger partial charge on any atom is -0.461 e. The molecule has 0 spiro atoms. The summed E-state index contributed by atoms with van der Waals surface area (Å²) in [6.45, 7) is 18.9. The molecule has 74 heavy (non-hydrogen) atoms. The molecule has 1 aliphatic carbocycles. The Morgan fingerprint density at radius 2 is 1.62 bits per heavy atom. The molecule has 4 aliphatic rings. The summed E-state index contributed by atoms with van der Waals surface area (Å²) in [7, 11) is 2.94. The molecular weight excluding hydrogens is 951 g/mol. The highest BCUT2D eigenvalue weighted by molar-refractivity contribution is 6.39. The van der Waals surface area contributed by atoms with E-state index in [-0.39, 0.29) is 54.3 Å². The number of carbonyl (C=O) groups is 6. The van der Waals surface area contributed by atoms with Crippen molar-refractivity contribution < 1.29 is 72.9 Å². The van der Waals surface area contributed by atoms with E-state index in [1.165, 1.54) is 18.9 Å². The highest BCUT2D eigenvalue weighted by Crippen LogP contribution is 2.41. The molecule has 1 saturated carbocycles. The Morgan fingerprint density at radius 3 is 2.26 bits per heavy atom. The number of aliphatic hydroxyl groups is 4. The number of methoxy groups -OCH3 is 2. The molecule has 3 fully saturated rings. The van der Waals surface area contributed by atoms with Gasteiger partial charge in [0.15, 0.2) is 11.6 Å². The molecule has 16 nitrogen and oxygen atoms in total. The van der Waals surface area contributed by atoms with Gasteiger partial charge in [0, 0.05) is 57.3 Å². The Hall–Kier alpha value is -4.16. The summed E-state index contributed by atoms with van der Waals surface area (Å²) in [5.41, 5.74) is 0.447. The van der Waals surface area contributed by atoms with Gasteiger partial charge in [-0.3, -0.25) is 24.0 Å². The van der Waals surface area contributed by atoms with Crippen LogP contribution in [0.4, 0.5) is 0 Å². The first-order valence-corrected chi connectivity index (χ1v) is 26.9. The Kier molecular flexibility index (Phi) is 23.8. The monoisotopic (exact) mass is 1040 g/mol. The second-order valence-electron chi connectivity index (χ2n) is 22.5. The van der Waals surface area contributed by atoms with E-state index in [9.17, 15) is 49.2 Å². The van der Waals surface area contributed by atoms with Crippen LogP contribution in [0.15, 0.2) is 59.8 Å². The van der Waals surface area contributed by atoms with E-state index in [0.717, 1.165) is 11.1 Å². The van der Waals surface area contributed by atoms with Crippen molar-refractivity contribution in [3.63, 3.8) is 0 Å². The Bertz CT molecular complexity index is 2090. The normalized spacial score (nSPS) is 35.5. The van der Waals surface area contributed by atoms with Crippen LogP contribution >= 0.6 is 0 Å². The van der Waals surface area contributed by atoms with Gasteiger partial charge in [0.25, 0.3) is 11.7 Å². The first kappa shape index (κ1) is 62.4. The number of nitrogens with zero attached hydrogens (tertiary/aromatic N) is 1. The van der Waals surface area contributed by atoms with Crippen LogP contribution in [-0.4, -0.2) is 143 Å². The number of piperidine rings is 1. The summed E-state index contributed by atoms with van der Waals surface area (Å²) in [5, 5.41) is 43.3. The molecule has 1 amide bonds. The lowest BCUT2D eigenvalue weighted by molar-refractivity contribution is -0.265. The van der Waals surface area contributed by atoms with Crippen LogP contribution in [-0.2, 0) is 52.5 Å². The van der Waals surface area contributed by atoms with Crippen LogP contribution < -0.4 is 0 Å². The highest BCUT2D eigenvalue weighted by atomic mass is 16.6. The van der Waals surface area contributed by atoms with E-state index >= 15 is 0 Å². The number of ether oxygens (including phenoxy) is 5. The quantitative estimate of drug-likeness (QED) is 0.0990. The zero-order valence-corrected chi connectivity index (χ0v) is 46.1. The molecule has 3 aliphatic heterocycles. The Labute approximate surface area is 440 Å². The molecule has 0 aromatic carbocycles. The number of amides is 1. The largest absolute Gasteiger partial charge is 0.461 e. The molecule has 0 radical (unpaired) electrons. The fourth-order valence-corrected chi connectivity index (χ4v) is 11.0. The number of esters is 2. The number of aliphatic hydroxyl groups excluding tert-OH is 3. The number of carbonyl (C=O) groups excluding carboxylic acids is 6. The Morgan fingerprint density at radius 1 is 0.932 bits per heavy atom. The maximum atomic E-state index is 14.6. The molecule has 0 aromatic rings. The summed E-state index contributed by atoms with van der Waals surface area (Å²) in [4.78, 5) is 85.7. The number of allylic oxidation sites excluding steroid dienone is 6. The topological polar surface area (TPSA) is 233 Å². The van der Waals surface area contributed by atoms with Gasteiger partial charge in [0.1, 0.15) is 29.8 Å². The van der Waals surface area contributed by atoms with E-state index in [1.54, 1.807) is 40.9 Å². The van der Waals surface area contributed by atoms with Gasteiger partial charge in [-0.2, -0.15) is 0 Å². The average Bonchev–Trinajstić information content (AvgIpc) is 3.37. The summed E-state index contributed by atoms with van der Waals surface area (Å²) in [6, 6.07) is -1.20. The summed E-state index contributed by atoms with van der Waals surface area (Å²) >= 11 is 0. The van der Waals surface area contributed by atoms with Gasteiger partial charge < -0.3 is 49.0 Å². The first-order chi connectivity index (χ1) is 34.8. The van der Waals surface area contributed by atoms with E-state index in [2.05, 4.69) is 6.58 Å². The lowest BCUT2D eigenvalue weighted by Gasteiger charge is -2.42. The van der Waals surface area contributed by atoms with Crippen LogP contribution in [0.1, 0.15) is 139 Å². The van der Waals surface area contributed by atoms with Crippen molar-refractivity contribution in [2.45, 2.75) is 188 Å². The zero-order valence-electron chi connectivity index (χ0n) is 46.1. The number of fused-ring (bicyclic) bond motifs is 3. The van der Waals surface area contributed by atoms with Crippen molar-refractivity contribution in [3.8, 4) is 0 Å². The highest BCUT2D eigenvalue weighted by Gasteiger charge is 2.53. The molecular formula is C58H89NO15. The fourth-order valence-electron chi connectivity index (χ4n) is 11.0. The van der Waals surface area contributed by atoms with Crippen LogP contribution in [0, 0.1) is 46.8 Å². The van der Waals surface area contributed by atoms with Crippen molar-refractivity contribution >= 4 is 35.2 Å². The molecule has 15 atom stereocenters. The number of rotatable bonds is 10. The van der Waals surface area contributed by atoms with Crippen molar-refractivity contribution in [2.75, 3.05) is 34.0 Å². The SMILES string of the molecule is C=C(C)C1CC(CC(C)C2CC(=O)/C(C)=C/C(C)C(O)C(OC)C(=O)C(C)CC(C)C=CC=CC=C(C)C(OC)CC3CCC(C)C(O)(O3)C(=O)C(=O)N3CCCCC3C(=O)O2)CCC1OC(=O)C(C)(CO)CO. The van der Waals surface area contributed by atoms with Gasteiger partial charge in [0.05, 0.1) is 31.5 Å². The maximum absolute atomic E-state index is 14.6. The zero-order chi connectivity index (χ0) is 55.2.